The number of nitrogens with zero attached hydrogens (tertiary/aromatic N) is 3. The standard InChI is InChI=1S/C23H27N5O3S/c1-15(29)16-4-2-6-19(12-16)24-21(30)14-32-22-10-9-20(26-27-22)28-11-3-5-17(13-28)23(31)25-18-7-8-18/h2,4,6,9-10,12,17-18H,3,5,7-8,11,13-14H2,1H3,(H,24,30)(H,25,31). The van der Waals surface area contributed by atoms with Crippen molar-refractivity contribution in [1.82, 2.24) is 15.5 Å². The Bertz CT molecular complexity index is 993. The van der Waals surface area contributed by atoms with Gasteiger partial charge in [-0.15, -0.1) is 10.2 Å². The Hall–Kier alpha value is -2.94. The van der Waals surface area contributed by atoms with Crippen LogP contribution in [0.4, 0.5) is 11.5 Å². The van der Waals surface area contributed by atoms with Crippen LogP contribution in [0.2, 0.25) is 0 Å². The molecule has 168 valence electrons. The molecule has 2 fully saturated rings. The highest BCUT2D eigenvalue weighted by Gasteiger charge is 2.30. The Morgan fingerprint density at radius 3 is 2.69 bits per heavy atom. The van der Waals surface area contributed by atoms with Crippen molar-refractivity contribution in [2.24, 2.45) is 5.92 Å². The van der Waals surface area contributed by atoms with E-state index in [0.717, 1.165) is 38.0 Å². The molecule has 32 heavy (non-hydrogen) atoms. The molecule has 2 N–H and O–H groups in total. The summed E-state index contributed by atoms with van der Waals surface area (Å²) < 4.78 is 0. The average molecular weight is 454 g/mol. The minimum Gasteiger partial charge on any atom is -0.354 e. The van der Waals surface area contributed by atoms with Gasteiger partial charge in [0.1, 0.15) is 5.03 Å². The summed E-state index contributed by atoms with van der Waals surface area (Å²) in [4.78, 5) is 38.2. The molecule has 1 unspecified atom stereocenters. The molecular formula is C23H27N5O3S. The first-order chi connectivity index (χ1) is 15.5. The lowest BCUT2D eigenvalue weighted by molar-refractivity contribution is -0.125. The van der Waals surface area contributed by atoms with Gasteiger partial charge in [-0.05, 0) is 56.9 Å². The molecule has 9 heteroatoms. The van der Waals surface area contributed by atoms with E-state index in [2.05, 4.69) is 25.7 Å². The van der Waals surface area contributed by atoms with Crippen LogP contribution in [0.5, 0.6) is 0 Å². The number of thioether (sulfide) groups is 1. The fraction of sp³-hybridized carbons (Fsp3) is 0.435. The van der Waals surface area contributed by atoms with Crippen molar-refractivity contribution in [3.63, 3.8) is 0 Å². The number of hydrogen-bond donors (Lipinski definition) is 2. The smallest absolute Gasteiger partial charge is 0.234 e. The molecule has 1 atom stereocenters. The quantitative estimate of drug-likeness (QED) is 0.468. The van der Waals surface area contributed by atoms with Crippen molar-refractivity contribution >= 4 is 40.9 Å². The molecule has 1 saturated carbocycles. The Balaban J connectivity index is 1.27. The van der Waals surface area contributed by atoms with E-state index in [1.807, 2.05) is 12.1 Å². The number of amides is 2. The molecule has 0 spiro atoms. The molecule has 2 amide bonds. The molecule has 4 rings (SSSR count). The summed E-state index contributed by atoms with van der Waals surface area (Å²) in [7, 11) is 0. The fourth-order valence-corrected chi connectivity index (χ4v) is 4.27. The van der Waals surface area contributed by atoms with Gasteiger partial charge in [-0.2, -0.15) is 0 Å². The van der Waals surface area contributed by atoms with Crippen LogP contribution < -0.4 is 15.5 Å². The Labute approximate surface area is 191 Å². The number of nitrogens with one attached hydrogen (secondary N) is 2. The van der Waals surface area contributed by atoms with Crippen LogP contribution in [-0.2, 0) is 9.59 Å². The number of anilines is 2. The van der Waals surface area contributed by atoms with Crippen molar-refractivity contribution in [1.29, 1.82) is 0 Å². The summed E-state index contributed by atoms with van der Waals surface area (Å²) in [6.45, 7) is 3.00. The predicted molar refractivity (Wildman–Crippen MR) is 124 cm³/mol. The van der Waals surface area contributed by atoms with Crippen molar-refractivity contribution in [3.8, 4) is 0 Å². The van der Waals surface area contributed by atoms with Crippen LogP contribution in [-0.4, -0.2) is 52.7 Å². The molecule has 1 aliphatic carbocycles. The second-order valence-electron chi connectivity index (χ2n) is 8.27. The molecule has 1 aliphatic heterocycles. The molecule has 2 aliphatic rings. The molecule has 2 aromatic rings. The van der Waals surface area contributed by atoms with Crippen LogP contribution in [0, 0.1) is 5.92 Å². The number of Topliss-reactive ketones (excluding diaryl/α,β-unsaturated/α-hetero) is 1. The maximum absolute atomic E-state index is 12.4. The van der Waals surface area contributed by atoms with E-state index >= 15 is 0 Å². The molecular weight excluding hydrogens is 426 g/mol. The SMILES string of the molecule is CC(=O)c1cccc(NC(=O)CSc2ccc(N3CCCC(C(=O)NC4CC4)C3)nn2)c1. The molecule has 1 aromatic heterocycles. The molecule has 1 saturated heterocycles. The Morgan fingerprint density at radius 2 is 1.97 bits per heavy atom. The van der Waals surface area contributed by atoms with Gasteiger partial charge >= 0.3 is 0 Å². The first-order valence-electron chi connectivity index (χ1n) is 10.9. The number of rotatable bonds is 8. The third-order valence-electron chi connectivity index (χ3n) is 5.57. The monoisotopic (exact) mass is 453 g/mol. The lowest BCUT2D eigenvalue weighted by Crippen LogP contribution is -2.44. The third kappa shape index (κ3) is 6.06. The van der Waals surface area contributed by atoms with Gasteiger partial charge < -0.3 is 15.5 Å². The van der Waals surface area contributed by atoms with Crippen molar-refractivity contribution in [3.05, 3.63) is 42.0 Å². The van der Waals surface area contributed by atoms with E-state index in [9.17, 15) is 14.4 Å². The summed E-state index contributed by atoms with van der Waals surface area (Å²) in [5.41, 5.74) is 1.15. The summed E-state index contributed by atoms with van der Waals surface area (Å²) in [5, 5.41) is 15.1. The zero-order valence-corrected chi connectivity index (χ0v) is 18.9. The van der Waals surface area contributed by atoms with E-state index in [4.69, 9.17) is 0 Å². The number of aromatic nitrogens is 2. The van der Waals surface area contributed by atoms with Crippen LogP contribution in [0.15, 0.2) is 41.4 Å². The van der Waals surface area contributed by atoms with Gasteiger partial charge in [-0.3, -0.25) is 14.4 Å². The maximum atomic E-state index is 12.4. The van der Waals surface area contributed by atoms with Crippen molar-refractivity contribution in [2.45, 2.75) is 43.7 Å². The minimum atomic E-state index is -0.179. The molecule has 8 nitrogen and oxygen atoms in total. The van der Waals surface area contributed by atoms with Gasteiger partial charge in [-0.1, -0.05) is 23.9 Å². The Morgan fingerprint density at radius 1 is 1.12 bits per heavy atom. The van der Waals surface area contributed by atoms with E-state index in [1.165, 1.54) is 18.7 Å². The summed E-state index contributed by atoms with van der Waals surface area (Å²) in [6.07, 6.45) is 4.04. The Kier molecular flexibility index (Phi) is 7.04. The average Bonchev–Trinajstić information content (AvgIpc) is 3.62. The largest absolute Gasteiger partial charge is 0.354 e. The van der Waals surface area contributed by atoms with Gasteiger partial charge in [0.2, 0.25) is 11.8 Å². The number of hydrogen-bond acceptors (Lipinski definition) is 7. The van der Waals surface area contributed by atoms with Crippen LogP contribution in [0.25, 0.3) is 0 Å². The number of carbonyl (C=O) groups excluding carboxylic acids is 3. The molecule has 2 heterocycles. The van der Waals surface area contributed by atoms with Crippen molar-refractivity contribution in [2.75, 3.05) is 29.1 Å². The highest BCUT2D eigenvalue weighted by atomic mass is 32.2. The van der Waals surface area contributed by atoms with E-state index in [1.54, 1.807) is 24.3 Å². The zero-order chi connectivity index (χ0) is 22.5. The van der Waals surface area contributed by atoms with Crippen LogP contribution in [0.1, 0.15) is 43.0 Å². The third-order valence-corrected chi connectivity index (χ3v) is 6.49. The van der Waals surface area contributed by atoms with Gasteiger partial charge in [0.05, 0.1) is 11.7 Å². The maximum Gasteiger partial charge on any atom is 0.234 e. The summed E-state index contributed by atoms with van der Waals surface area (Å²) >= 11 is 1.30. The second-order valence-corrected chi connectivity index (χ2v) is 9.27. The predicted octanol–water partition coefficient (Wildman–Crippen LogP) is 2.91. The first kappa shape index (κ1) is 22.3. The lowest BCUT2D eigenvalue weighted by Gasteiger charge is -2.32. The number of benzene rings is 1. The number of carbonyl (C=O) groups is 3. The highest BCUT2D eigenvalue weighted by molar-refractivity contribution is 7.99. The van der Waals surface area contributed by atoms with Gasteiger partial charge in [0, 0.05) is 30.4 Å². The highest BCUT2D eigenvalue weighted by Crippen LogP contribution is 2.25. The van der Waals surface area contributed by atoms with Gasteiger partial charge in [0.15, 0.2) is 11.6 Å². The lowest BCUT2D eigenvalue weighted by atomic mass is 9.97. The van der Waals surface area contributed by atoms with Crippen LogP contribution in [0.3, 0.4) is 0 Å². The molecule has 0 bridgehead atoms. The minimum absolute atomic E-state index is 0.00889. The number of ketones is 1. The normalized spacial score (nSPS) is 18.2. The molecule has 1 aromatic carbocycles. The van der Waals surface area contributed by atoms with Gasteiger partial charge in [-0.25, -0.2) is 0 Å². The first-order valence-corrected chi connectivity index (χ1v) is 11.9. The van der Waals surface area contributed by atoms with E-state index < -0.39 is 0 Å². The van der Waals surface area contributed by atoms with Crippen molar-refractivity contribution < 1.29 is 14.4 Å². The number of piperidine rings is 1. The molecule has 0 radical (unpaired) electrons. The fourth-order valence-electron chi connectivity index (χ4n) is 3.66. The van der Waals surface area contributed by atoms with Crippen LogP contribution >= 0.6 is 11.8 Å². The van der Waals surface area contributed by atoms with E-state index in [-0.39, 0.29) is 29.3 Å². The zero-order valence-electron chi connectivity index (χ0n) is 18.0. The summed E-state index contributed by atoms with van der Waals surface area (Å²) in [5.74, 6) is 0.855. The van der Waals surface area contributed by atoms with E-state index in [0.29, 0.717) is 28.9 Å². The van der Waals surface area contributed by atoms with Gasteiger partial charge in [0.25, 0.3) is 0 Å². The second kappa shape index (κ2) is 10.1. The summed E-state index contributed by atoms with van der Waals surface area (Å²) in [6, 6.07) is 11.0. The topological polar surface area (TPSA) is 104 Å².